The topological polar surface area (TPSA) is 81.0 Å². The van der Waals surface area contributed by atoms with Gasteiger partial charge in [0.1, 0.15) is 5.82 Å². The molecule has 0 saturated carbocycles. The average Bonchev–Trinajstić information content (AvgIpc) is 3.10. The molecule has 0 unspecified atom stereocenters. The molecule has 1 aliphatic heterocycles. The quantitative estimate of drug-likeness (QED) is 0.781. The molecule has 0 N–H and O–H groups in total. The van der Waals surface area contributed by atoms with Gasteiger partial charge in [-0.2, -0.15) is 4.68 Å². The zero-order valence-electron chi connectivity index (χ0n) is 14.2. The number of halogens is 1. The number of aromatic nitrogens is 4. The molecule has 1 aliphatic rings. The van der Waals surface area contributed by atoms with Gasteiger partial charge in [-0.15, -0.1) is 5.10 Å². The maximum atomic E-state index is 13.1. The van der Waals surface area contributed by atoms with Gasteiger partial charge in [-0.05, 0) is 54.0 Å². The summed E-state index contributed by atoms with van der Waals surface area (Å²) in [5, 5.41) is 11.9. The summed E-state index contributed by atoms with van der Waals surface area (Å²) in [6.45, 7) is 2.94. The summed E-state index contributed by atoms with van der Waals surface area (Å²) in [6, 6.07) is 5.98. The Morgan fingerprint density at radius 2 is 1.88 bits per heavy atom. The molecule has 0 spiro atoms. The van der Waals surface area contributed by atoms with Crippen molar-refractivity contribution >= 4 is 10.0 Å². The Labute approximate surface area is 146 Å². The molecule has 1 aromatic heterocycles. The molecule has 0 amide bonds. The van der Waals surface area contributed by atoms with Crippen molar-refractivity contribution in [3.05, 3.63) is 35.9 Å². The van der Waals surface area contributed by atoms with Crippen LogP contribution in [-0.2, 0) is 10.0 Å². The number of hydrogen-bond acceptors (Lipinski definition) is 5. The molecule has 2 aromatic rings. The van der Waals surface area contributed by atoms with Crippen LogP contribution in [0.4, 0.5) is 4.39 Å². The summed E-state index contributed by atoms with van der Waals surface area (Å²) in [7, 11) is -3.17. The third-order valence-electron chi connectivity index (χ3n) is 4.53. The average molecular weight is 367 g/mol. The lowest BCUT2D eigenvalue weighted by atomic mass is 9.97. The number of nitrogens with zero attached hydrogens (tertiary/aromatic N) is 5. The van der Waals surface area contributed by atoms with E-state index in [1.807, 2.05) is 6.92 Å². The first kappa shape index (κ1) is 17.9. The van der Waals surface area contributed by atoms with Crippen molar-refractivity contribution < 1.29 is 12.8 Å². The number of rotatable bonds is 6. The van der Waals surface area contributed by atoms with Crippen LogP contribution in [0.1, 0.15) is 44.3 Å². The molecule has 9 heteroatoms. The highest BCUT2D eigenvalue weighted by Gasteiger charge is 2.30. The molecule has 0 atom stereocenters. The molecule has 3 rings (SSSR count). The molecule has 1 fully saturated rings. The normalized spacial score (nSPS) is 17.0. The molecular formula is C16H22FN5O2S. The molecule has 1 saturated heterocycles. The van der Waals surface area contributed by atoms with E-state index in [9.17, 15) is 12.8 Å². The molecule has 136 valence electrons. The summed E-state index contributed by atoms with van der Waals surface area (Å²) in [6.07, 6.45) is 2.90. The highest BCUT2D eigenvalue weighted by molar-refractivity contribution is 7.89. The molecule has 0 radical (unpaired) electrons. The summed E-state index contributed by atoms with van der Waals surface area (Å²) in [5.74, 6) is 0.667. The van der Waals surface area contributed by atoms with E-state index in [1.54, 1.807) is 21.1 Å². The van der Waals surface area contributed by atoms with Crippen LogP contribution >= 0.6 is 0 Å². The Hall–Kier alpha value is -1.87. The standard InChI is InChI=1S/C16H22FN5O2S/c1-2-3-12-25(23,24)21-10-8-13(9-11-21)16-18-19-20-22(16)15-6-4-14(17)5-7-15/h4-7,13H,2-3,8-12H2,1H3. The Kier molecular flexibility index (Phi) is 5.43. The lowest BCUT2D eigenvalue weighted by molar-refractivity contribution is 0.311. The lowest BCUT2D eigenvalue weighted by Crippen LogP contribution is -2.39. The molecule has 0 aliphatic carbocycles. The first-order valence-electron chi connectivity index (χ1n) is 8.53. The van der Waals surface area contributed by atoms with Crippen molar-refractivity contribution in [2.45, 2.75) is 38.5 Å². The van der Waals surface area contributed by atoms with Gasteiger partial charge in [-0.1, -0.05) is 13.3 Å². The van der Waals surface area contributed by atoms with Gasteiger partial charge in [0, 0.05) is 19.0 Å². The fourth-order valence-electron chi connectivity index (χ4n) is 3.06. The van der Waals surface area contributed by atoms with E-state index in [1.165, 1.54) is 12.1 Å². The largest absolute Gasteiger partial charge is 0.214 e. The third kappa shape index (κ3) is 4.04. The second-order valence-corrected chi connectivity index (χ2v) is 8.36. The fourth-order valence-corrected chi connectivity index (χ4v) is 4.74. The zero-order valence-corrected chi connectivity index (χ0v) is 15.0. The van der Waals surface area contributed by atoms with Gasteiger partial charge in [-0.3, -0.25) is 0 Å². The summed E-state index contributed by atoms with van der Waals surface area (Å²) in [5.41, 5.74) is 0.694. The smallest absolute Gasteiger partial charge is 0.212 e. The number of piperidine rings is 1. The van der Waals surface area contributed by atoms with Gasteiger partial charge in [-0.25, -0.2) is 17.1 Å². The number of sulfonamides is 1. The van der Waals surface area contributed by atoms with Crippen LogP contribution in [0, 0.1) is 5.82 Å². The van der Waals surface area contributed by atoms with E-state index in [4.69, 9.17) is 0 Å². The fraction of sp³-hybridized carbons (Fsp3) is 0.562. The van der Waals surface area contributed by atoms with Crippen molar-refractivity contribution in [3.8, 4) is 5.69 Å². The molecule has 25 heavy (non-hydrogen) atoms. The second-order valence-electron chi connectivity index (χ2n) is 6.27. The molecule has 0 bridgehead atoms. The van der Waals surface area contributed by atoms with E-state index in [0.29, 0.717) is 43.9 Å². The lowest BCUT2D eigenvalue weighted by Gasteiger charge is -2.30. The van der Waals surface area contributed by atoms with Crippen molar-refractivity contribution in [1.29, 1.82) is 0 Å². The van der Waals surface area contributed by atoms with Crippen LogP contribution in [-0.4, -0.2) is 51.8 Å². The maximum absolute atomic E-state index is 13.1. The Morgan fingerprint density at radius 3 is 2.52 bits per heavy atom. The van der Waals surface area contributed by atoms with Crippen LogP contribution in [0.2, 0.25) is 0 Å². The van der Waals surface area contributed by atoms with E-state index in [0.717, 1.165) is 6.42 Å². The molecule has 2 heterocycles. The molecular weight excluding hydrogens is 345 g/mol. The first-order valence-corrected chi connectivity index (χ1v) is 10.1. The van der Waals surface area contributed by atoms with Crippen LogP contribution in [0.3, 0.4) is 0 Å². The second kappa shape index (κ2) is 7.57. The monoisotopic (exact) mass is 367 g/mol. The minimum atomic E-state index is -3.17. The van der Waals surface area contributed by atoms with Crippen LogP contribution in [0.25, 0.3) is 5.69 Å². The Morgan fingerprint density at radius 1 is 1.20 bits per heavy atom. The van der Waals surface area contributed by atoms with Crippen molar-refractivity contribution in [3.63, 3.8) is 0 Å². The van der Waals surface area contributed by atoms with Crippen LogP contribution < -0.4 is 0 Å². The van der Waals surface area contributed by atoms with Crippen LogP contribution in [0.5, 0.6) is 0 Å². The number of tetrazole rings is 1. The van der Waals surface area contributed by atoms with Crippen molar-refractivity contribution in [1.82, 2.24) is 24.5 Å². The predicted molar refractivity (Wildman–Crippen MR) is 91.4 cm³/mol. The van der Waals surface area contributed by atoms with Gasteiger partial charge < -0.3 is 0 Å². The molecule has 1 aromatic carbocycles. The first-order chi connectivity index (χ1) is 12.0. The minimum absolute atomic E-state index is 0.0812. The third-order valence-corrected chi connectivity index (χ3v) is 6.49. The van der Waals surface area contributed by atoms with E-state index < -0.39 is 10.0 Å². The predicted octanol–water partition coefficient (Wildman–Crippen LogP) is 2.11. The molecule has 7 nitrogen and oxygen atoms in total. The highest BCUT2D eigenvalue weighted by atomic mass is 32.2. The van der Waals surface area contributed by atoms with E-state index in [-0.39, 0.29) is 17.5 Å². The summed E-state index contributed by atoms with van der Waals surface area (Å²) in [4.78, 5) is 0. The van der Waals surface area contributed by atoms with Gasteiger partial charge >= 0.3 is 0 Å². The van der Waals surface area contributed by atoms with E-state index in [2.05, 4.69) is 15.5 Å². The Balaban J connectivity index is 1.70. The Bertz CT molecular complexity index is 798. The summed E-state index contributed by atoms with van der Waals surface area (Å²) >= 11 is 0. The van der Waals surface area contributed by atoms with Gasteiger partial charge in [0.05, 0.1) is 11.4 Å². The van der Waals surface area contributed by atoms with Gasteiger partial charge in [0.25, 0.3) is 0 Å². The number of unbranched alkanes of at least 4 members (excludes halogenated alkanes) is 1. The van der Waals surface area contributed by atoms with Crippen molar-refractivity contribution in [2.24, 2.45) is 0 Å². The zero-order chi connectivity index (χ0) is 17.9. The van der Waals surface area contributed by atoms with Gasteiger partial charge in [0.15, 0.2) is 5.82 Å². The maximum Gasteiger partial charge on any atom is 0.214 e. The minimum Gasteiger partial charge on any atom is -0.212 e. The van der Waals surface area contributed by atoms with Gasteiger partial charge in [0.2, 0.25) is 10.0 Å². The van der Waals surface area contributed by atoms with Crippen molar-refractivity contribution in [2.75, 3.05) is 18.8 Å². The SMILES string of the molecule is CCCCS(=O)(=O)N1CCC(c2nnnn2-c2ccc(F)cc2)CC1. The number of hydrogen-bond donors (Lipinski definition) is 0. The van der Waals surface area contributed by atoms with Crippen LogP contribution in [0.15, 0.2) is 24.3 Å². The number of benzene rings is 1. The van der Waals surface area contributed by atoms with E-state index >= 15 is 0 Å². The summed E-state index contributed by atoms with van der Waals surface area (Å²) < 4.78 is 40.9. The highest BCUT2D eigenvalue weighted by Crippen LogP contribution is 2.29.